The fourth-order valence-electron chi connectivity index (χ4n) is 2.58. The summed E-state index contributed by atoms with van der Waals surface area (Å²) < 4.78 is 0. The first-order valence-corrected chi connectivity index (χ1v) is 6.06. The summed E-state index contributed by atoms with van der Waals surface area (Å²) in [6.07, 6.45) is 3.73. The largest absolute Gasteiger partial charge is 0.392 e. The lowest BCUT2D eigenvalue weighted by Gasteiger charge is -2.19. The zero-order chi connectivity index (χ0) is 11.6. The molecule has 0 aromatic heterocycles. The summed E-state index contributed by atoms with van der Waals surface area (Å²) in [5.74, 6) is 0. The quantitative estimate of drug-likeness (QED) is 0.818. The van der Waals surface area contributed by atoms with Crippen molar-refractivity contribution in [2.24, 2.45) is 5.41 Å². The molecule has 0 heterocycles. The Balaban J connectivity index is 2.04. The maximum absolute atomic E-state index is 9.26. The van der Waals surface area contributed by atoms with E-state index >= 15 is 0 Å². The average molecular weight is 219 g/mol. The highest BCUT2D eigenvalue weighted by molar-refractivity contribution is 5.51. The zero-order valence-electron chi connectivity index (χ0n) is 10.2. The lowest BCUT2D eigenvalue weighted by Crippen LogP contribution is -2.18. The van der Waals surface area contributed by atoms with Gasteiger partial charge in [0, 0.05) is 17.3 Å². The molecule has 1 aromatic rings. The number of hydrogen-bond acceptors (Lipinski definition) is 2. The molecule has 0 spiro atoms. The number of anilines is 1. The summed E-state index contributed by atoms with van der Waals surface area (Å²) in [6, 6.07) is 8.57. The summed E-state index contributed by atoms with van der Waals surface area (Å²) in [7, 11) is 0. The number of aliphatic hydroxyl groups excluding tert-OH is 1. The molecule has 1 unspecified atom stereocenters. The summed E-state index contributed by atoms with van der Waals surface area (Å²) in [5, 5.41) is 12.8. The molecular formula is C14H21NO. The Morgan fingerprint density at radius 1 is 1.38 bits per heavy atom. The number of aliphatic hydroxyl groups is 1. The van der Waals surface area contributed by atoms with E-state index in [9.17, 15) is 5.11 Å². The van der Waals surface area contributed by atoms with Gasteiger partial charge in [-0.05, 0) is 30.7 Å². The van der Waals surface area contributed by atoms with E-state index < -0.39 is 0 Å². The van der Waals surface area contributed by atoms with Crippen LogP contribution in [0.25, 0.3) is 0 Å². The third kappa shape index (κ3) is 2.56. The molecule has 2 rings (SSSR count). The Hall–Kier alpha value is -1.02. The second-order valence-electron chi connectivity index (χ2n) is 5.56. The molecule has 1 fully saturated rings. The predicted octanol–water partition coefficient (Wildman–Crippen LogP) is 3.17. The fraction of sp³-hybridized carbons (Fsp3) is 0.571. The first-order valence-electron chi connectivity index (χ1n) is 6.06. The predicted molar refractivity (Wildman–Crippen MR) is 67.4 cm³/mol. The molecule has 2 nitrogen and oxygen atoms in total. The van der Waals surface area contributed by atoms with E-state index in [-0.39, 0.29) is 6.61 Å². The third-order valence-electron chi connectivity index (χ3n) is 3.52. The van der Waals surface area contributed by atoms with Gasteiger partial charge in [0.05, 0.1) is 6.61 Å². The Morgan fingerprint density at radius 2 is 2.12 bits per heavy atom. The molecule has 0 aliphatic heterocycles. The van der Waals surface area contributed by atoms with E-state index in [2.05, 4.69) is 25.2 Å². The summed E-state index contributed by atoms with van der Waals surface area (Å²) in [4.78, 5) is 0. The number of benzene rings is 1. The second-order valence-corrected chi connectivity index (χ2v) is 5.56. The number of para-hydroxylation sites is 1. The molecule has 1 saturated carbocycles. The van der Waals surface area contributed by atoms with Gasteiger partial charge in [-0.15, -0.1) is 0 Å². The SMILES string of the molecule is CC1(C)CCC(Nc2ccccc2CO)C1. The van der Waals surface area contributed by atoms with Crippen molar-refractivity contribution in [3.8, 4) is 0 Å². The topological polar surface area (TPSA) is 32.3 Å². The Bertz CT molecular complexity index is 360. The van der Waals surface area contributed by atoms with E-state index in [0.29, 0.717) is 11.5 Å². The van der Waals surface area contributed by atoms with Gasteiger partial charge in [0.15, 0.2) is 0 Å². The van der Waals surface area contributed by atoms with E-state index in [0.717, 1.165) is 11.3 Å². The fourth-order valence-corrected chi connectivity index (χ4v) is 2.58. The van der Waals surface area contributed by atoms with Crippen LogP contribution in [-0.4, -0.2) is 11.1 Å². The van der Waals surface area contributed by atoms with Gasteiger partial charge in [-0.1, -0.05) is 32.0 Å². The molecular weight excluding hydrogens is 198 g/mol. The van der Waals surface area contributed by atoms with Crippen LogP contribution < -0.4 is 5.32 Å². The van der Waals surface area contributed by atoms with Crippen LogP contribution in [0.1, 0.15) is 38.7 Å². The van der Waals surface area contributed by atoms with Crippen molar-refractivity contribution in [1.29, 1.82) is 0 Å². The zero-order valence-corrected chi connectivity index (χ0v) is 10.2. The smallest absolute Gasteiger partial charge is 0.0701 e. The molecule has 1 aliphatic rings. The van der Waals surface area contributed by atoms with Crippen LogP contribution in [0.15, 0.2) is 24.3 Å². The van der Waals surface area contributed by atoms with Gasteiger partial charge in [-0.3, -0.25) is 0 Å². The van der Waals surface area contributed by atoms with Crippen molar-refractivity contribution >= 4 is 5.69 Å². The lowest BCUT2D eigenvalue weighted by atomic mass is 9.92. The van der Waals surface area contributed by atoms with E-state index in [4.69, 9.17) is 0 Å². The first-order chi connectivity index (χ1) is 7.61. The Morgan fingerprint density at radius 3 is 2.75 bits per heavy atom. The van der Waals surface area contributed by atoms with Crippen molar-refractivity contribution in [2.45, 2.75) is 45.8 Å². The molecule has 0 radical (unpaired) electrons. The van der Waals surface area contributed by atoms with Crippen LogP contribution >= 0.6 is 0 Å². The second kappa shape index (κ2) is 4.46. The van der Waals surface area contributed by atoms with Gasteiger partial charge in [0.25, 0.3) is 0 Å². The van der Waals surface area contributed by atoms with Gasteiger partial charge >= 0.3 is 0 Å². The van der Waals surface area contributed by atoms with Crippen LogP contribution in [0, 0.1) is 5.41 Å². The van der Waals surface area contributed by atoms with Crippen molar-refractivity contribution in [1.82, 2.24) is 0 Å². The maximum atomic E-state index is 9.26. The third-order valence-corrected chi connectivity index (χ3v) is 3.52. The van der Waals surface area contributed by atoms with Gasteiger partial charge < -0.3 is 10.4 Å². The van der Waals surface area contributed by atoms with Gasteiger partial charge in [0.1, 0.15) is 0 Å². The molecule has 16 heavy (non-hydrogen) atoms. The molecule has 88 valence electrons. The average Bonchev–Trinajstić information content (AvgIpc) is 2.59. The maximum Gasteiger partial charge on any atom is 0.0701 e. The monoisotopic (exact) mass is 219 g/mol. The minimum Gasteiger partial charge on any atom is -0.392 e. The minimum absolute atomic E-state index is 0.110. The lowest BCUT2D eigenvalue weighted by molar-refractivity contribution is 0.282. The number of nitrogens with one attached hydrogen (secondary N) is 1. The molecule has 0 amide bonds. The van der Waals surface area contributed by atoms with Crippen molar-refractivity contribution in [2.75, 3.05) is 5.32 Å². The molecule has 0 saturated heterocycles. The van der Waals surface area contributed by atoms with Gasteiger partial charge in [-0.2, -0.15) is 0 Å². The van der Waals surface area contributed by atoms with Gasteiger partial charge in [0.2, 0.25) is 0 Å². The molecule has 0 bridgehead atoms. The van der Waals surface area contributed by atoms with E-state index in [1.165, 1.54) is 19.3 Å². The van der Waals surface area contributed by atoms with Crippen LogP contribution in [0.3, 0.4) is 0 Å². The summed E-state index contributed by atoms with van der Waals surface area (Å²) in [5.41, 5.74) is 2.55. The van der Waals surface area contributed by atoms with Crippen LogP contribution in [0.4, 0.5) is 5.69 Å². The summed E-state index contributed by atoms with van der Waals surface area (Å²) >= 11 is 0. The van der Waals surface area contributed by atoms with Crippen molar-refractivity contribution in [3.05, 3.63) is 29.8 Å². The Kier molecular flexibility index (Phi) is 3.20. The van der Waals surface area contributed by atoms with E-state index in [1.807, 2.05) is 18.2 Å². The molecule has 1 aromatic carbocycles. The molecule has 1 aliphatic carbocycles. The first kappa shape index (κ1) is 11.5. The highest BCUT2D eigenvalue weighted by Crippen LogP contribution is 2.38. The van der Waals surface area contributed by atoms with Crippen LogP contribution in [0.2, 0.25) is 0 Å². The summed E-state index contributed by atoms with van der Waals surface area (Å²) in [6.45, 7) is 4.76. The van der Waals surface area contributed by atoms with Crippen molar-refractivity contribution < 1.29 is 5.11 Å². The molecule has 2 N–H and O–H groups in total. The van der Waals surface area contributed by atoms with Crippen molar-refractivity contribution in [3.63, 3.8) is 0 Å². The minimum atomic E-state index is 0.110. The van der Waals surface area contributed by atoms with Crippen LogP contribution in [0.5, 0.6) is 0 Å². The highest BCUT2D eigenvalue weighted by Gasteiger charge is 2.30. The molecule has 1 atom stereocenters. The van der Waals surface area contributed by atoms with E-state index in [1.54, 1.807) is 0 Å². The normalized spacial score (nSPS) is 23.3. The number of hydrogen-bond donors (Lipinski definition) is 2. The highest BCUT2D eigenvalue weighted by atomic mass is 16.3. The standard InChI is InChI=1S/C14H21NO/c1-14(2)8-7-12(9-14)15-13-6-4-3-5-11(13)10-16/h3-6,12,15-16H,7-10H2,1-2H3. The van der Waals surface area contributed by atoms with Gasteiger partial charge in [-0.25, -0.2) is 0 Å². The molecule has 2 heteroatoms. The Labute approximate surface area is 97.7 Å². The number of rotatable bonds is 3. The van der Waals surface area contributed by atoms with Crippen LogP contribution in [-0.2, 0) is 6.61 Å².